The summed E-state index contributed by atoms with van der Waals surface area (Å²) in [4.78, 5) is 18.8. The van der Waals surface area contributed by atoms with Crippen molar-refractivity contribution in [1.82, 2.24) is 9.88 Å². The molecule has 1 N–H and O–H groups in total. The Balaban J connectivity index is 1.56. The van der Waals surface area contributed by atoms with Gasteiger partial charge in [0.25, 0.3) is 5.91 Å². The van der Waals surface area contributed by atoms with E-state index in [1.165, 1.54) is 17.3 Å². The Labute approximate surface area is 182 Å². The van der Waals surface area contributed by atoms with Crippen molar-refractivity contribution >= 4 is 17.5 Å². The lowest BCUT2D eigenvalue weighted by atomic mass is 9.89. The van der Waals surface area contributed by atoms with Crippen LogP contribution in [0, 0.1) is 0 Å². The maximum atomic E-state index is 12.8. The second-order valence-corrected chi connectivity index (χ2v) is 8.12. The molecule has 154 valence electrons. The molecule has 1 atom stereocenters. The number of aromatic nitrogens is 1. The summed E-state index contributed by atoms with van der Waals surface area (Å²) >= 11 is 5.88. The Morgan fingerprint density at radius 1 is 1.17 bits per heavy atom. The summed E-state index contributed by atoms with van der Waals surface area (Å²) in [5, 5.41) is 10.6. The molecular weight excluding hydrogens is 396 g/mol. The Morgan fingerprint density at radius 2 is 2.00 bits per heavy atom. The third kappa shape index (κ3) is 4.11. The van der Waals surface area contributed by atoms with Gasteiger partial charge >= 0.3 is 0 Å². The third-order valence-electron chi connectivity index (χ3n) is 5.88. The Morgan fingerprint density at radius 3 is 2.73 bits per heavy atom. The first-order valence-corrected chi connectivity index (χ1v) is 10.7. The predicted molar refractivity (Wildman–Crippen MR) is 120 cm³/mol. The summed E-state index contributed by atoms with van der Waals surface area (Å²) in [5.41, 5.74) is 6.09. The number of aryl methyl sites for hydroxylation is 1. The average Bonchev–Trinajstić information content (AvgIpc) is 3.28. The molecule has 4 rings (SSSR count). The van der Waals surface area contributed by atoms with Crippen LogP contribution in [-0.2, 0) is 13.0 Å². The summed E-state index contributed by atoms with van der Waals surface area (Å²) < 4.78 is 0. The lowest BCUT2D eigenvalue weighted by Crippen LogP contribution is -2.29. The van der Waals surface area contributed by atoms with E-state index in [1.807, 2.05) is 11.0 Å². The van der Waals surface area contributed by atoms with Crippen LogP contribution in [0.2, 0.25) is 5.02 Å². The van der Waals surface area contributed by atoms with Crippen molar-refractivity contribution in [2.24, 2.45) is 0 Å². The van der Waals surface area contributed by atoms with E-state index < -0.39 is 0 Å². The van der Waals surface area contributed by atoms with Gasteiger partial charge in [-0.1, -0.05) is 54.9 Å². The SMILES string of the molecule is CCc1ccccc1-c1ccc([C@@H]2CCN(C(=O)c3ccc(Cl)cn3)C2)c(CO)c1. The number of amides is 1. The van der Waals surface area contributed by atoms with Crippen molar-refractivity contribution in [2.45, 2.75) is 32.3 Å². The maximum absolute atomic E-state index is 12.8. The van der Waals surface area contributed by atoms with Crippen LogP contribution in [0.1, 0.15) is 46.4 Å². The van der Waals surface area contributed by atoms with E-state index in [9.17, 15) is 9.90 Å². The van der Waals surface area contributed by atoms with Crippen molar-refractivity contribution in [3.63, 3.8) is 0 Å². The normalized spacial score (nSPS) is 16.1. The summed E-state index contributed by atoms with van der Waals surface area (Å²) in [7, 11) is 0. The second kappa shape index (κ2) is 8.99. The summed E-state index contributed by atoms with van der Waals surface area (Å²) in [6.45, 7) is 3.45. The van der Waals surface area contributed by atoms with Gasteiger partial charge in [0, 0.05) is 25.2 Å². The van der Waals surface area contributed by atoms with E-state index in [0.29, 0.717) is 23.8 Å². The Bertz CT molecular complexity index is 1050. The molecule has 30 heavy (non-hydrogen) atoms. The highest BCUT2D eigenvalue weighted by Crippen LogP contribution is 2.34. The molecule has 4 nitrogen and oxygen atoms in total. The highest BCUT2D eigenvalue weighted by atomic mass is 35.5. The molecule has 2 aromatic carbocycles. The minimum atomic E-state index is -0.0757. The molecule has 3 aromatic rings. The number of carbonyl (C=O) groups excluding carboxylic acids is 1. The first-order chi connectivity index (χ1) is 14.6. The zero-order chi connectivity index (χ0) is 21.1. The van der Waals surface area contributed by atoms with Crippen LogP contribution < -0.4 is 0 Å². The largest absolute Gasteiger partial charge is 0.392 e. The number of likely N-dealkylation sites (tertiary alicyclic amines) is 1. The molecule has 0 spiro atoms. The number of hydrogen-bond donors (Lipinski definition) is 1. The topological polar surface area (TPSA) is 53.4 Å². The molecule has 2 heterocycles. The highest BCUT2D eigenvalue weighted by molar-refractivity contribution is 6.30. The molecule has 1 saturated heterocycles. The van der Waals surface area contributed by atoms with Crippen LogP contribution in [0.4, 0.5) is 0 Å². The molecule has 1 amide bonds. The number of hydrogen-bond acceptors (Lipinski definition) is 3. The minimum Gasteiger partial charge on any atom is -0.392 e. The van der Waals surface area contributed by atoms with Crippen LogP contribution in [-0.4, -0.2) is 34.0 Å². The fourth-order valence-corrected chi connectivity index (χ4v) is 4.39. The molecule has 0 unspecified atom stereocenters. The molecule has 5 heteroatoms. The monoisotopic (exact) mass is 420 g/mol. The van der Waals surface area contributed by atoms with E-state index >= 15 is 0 Å². The van der Waals surface area contributed by atoms with Gasteiger partial charge in [-0.3, -0.25) is 4.79 Å². The smallest absolute Gasteiger partial charge is 0.272 e. The molecule has 0 radical (unpaired) electrons. The second-order valence-electron chi connectivity index (χ2n) is 7.68. The molecule has 0 bridgehead atoms. The number of halogens is 1. The number of carbonyl (C=O) groups is 1. The van der Waals surface area contributed by atoms with Gasteiger partial charge in [-0.2, -0.15) is 0 Å². The predicted octanol–water partition coefficient (Wildman–Crippen LogP) is 5.09. The molecule has 1 aliphatic rings. The van der Waals surface area contributed by atoms with Crippen molar-refractivity contribution in [2.75, 3.05) is 13.1 Å². The first-order valence-electron chi connectivity index (χ1n) is 10.3. The van der Waals surface area contributed by atoms with Crippen LogP contribution >= 0.6 is 11.6 Å². The van der Waals surface area contributed by atoms with Gasteiger partial charge in [0.05, 0.1) is 11.6 Å². The van der Waals surface area contributed by atoms with Gasteiger partial charge in [-0.05, 0) is 58.9 Å². The standard InChI is InChI=1S/C25H25ClN2O2/c1-2-17-5-3-4-6-22(17)18-7-9-23(20(13-18)16-29)19-11-12-28(15-19)25(30)24-10-8-21(26)14-27-24/h3-10,13-14,19,29H,2,11-12,15-16H2,1H3/t19-/m1/s1. The van der Waals surface area contributed by atoms with Crippen molar-refractivity contribution in [1.29, 1.82) is 0 Å². The van der Waals surface area contributed by atoms with Crippen molar-refractivity contribution < 1.29 is 9.90 Å². The fourth-order valence-electron chi connectivity index (χ4n) is 4.28. The molecule has 1 aromatic heterocycles. The first kappa shape index (κ1) is 20.6. The number of benzene rings is 2. The van der Waals surface area contributed by atoms with Crippen LogP contribution in [0.5, 0.6) is 0 Å². The fraction of sp³-hybridized carbons (Fsp3) is 0.280. The summed E-state index contributed by atoms with van der Waals surface area (Å²) in [6, 6.07) is 18.1. The lowest BCUT2D eigenvalue weighted by molar-refractivity contribution is 0.0785. The van der Waals surface area contributed by atoms with Crippen molar-refractivity contribution in [3.05, 3.63) is 88.2 Å². The van der Waals surface area contributed by atoms with Crippen LogP contribution in [0.15, 0.2) is 60.8 Å². The molecule has 0 aliphatic carbocycles. The molecule has 1 fully saturated rings. The summed E-state index contributed by atoms with van der Waals surface area (Å²) in [5.74, 6) is 0.132. The highest BCUT2D eigenvalue weighted by Gasteiger charge is 2.29. The molecular formula is C25H25ClN2O2. The number of pyridine rings is 1. The quantitative estimate of drug-likeness (QED) is 0.625. The Kier molecular flexibility index (Phi) is 6.16. The minimum absolute atomic E-state index is 0.0132. The number of aliphatic hydroxyl groups excluding tert-OH is 1. The Hall–Kier alpha value is -2.69. The van der Waals surface area contributed by atoms with E-state index in [2.05, 4.69) is 48.3 Å². The van der Waals surface area contributed by atoms with Gasteiger partial charge in [-0.15, -0.1) is 0 Å². The van der Waals surface area contributed by atoms with Gasteiger partial charge in [0.2, 0.25) is 0 Å². The van der Waals surface area contributed by atoms with Crippen molar-refractivity contribution in [3.8, 4) is 11.1 Å². The number of nitrogens with zero attached hydrogens (tertiary/aromatic N) is 2. The molecule has 0 saturated carbocycles. The zero-order valence-corrected chi connectivity index (χ0v) is 17.8. The van der Waals surface area contributed by atoms with Gasteiger partial charge in [0.15, 0.2) is 0 Å². The van der Waals surface area contributed by atoms with Gasteiger partial charge in [0.1, 0.15) is 5.69 Å². The van der Waals surface area contributed by atoms with Crippen LogP contribution in [0.25, 0.3) is 11.1 Å². The van der Waals surface area contributed by atoms with E-state index in [4.69, 9.17) is 11.6 Å². The third-order valence-corrected chi connectivity index (χ3v) is 6.11. The molecule has 1 aliphatic heterocycles. The van der Waals surface area contributed by atoms with E-state index in [1.54, 1.807) is 12.1 Å². The maximum Gasteiger partial charge on any atom is 0.272 e. The zero-order valence-electron chi connectivity index (χ0n) is 17.0. The van der Waals surface area contributed by atoms with E-state index in [0.717, 1.165) is 29.5 Å². The van der Waals surface area contributed by atoms with Gasteiger partial charge in [-0.25, -0.2) is 4.98 Å². The van der Waals surface area contributed by atoms with Crippen LogP contribution in [0.3, 0.4) is 0 Å². The lowest BCUT2D eigenvalue weighted by Gasteiger charge is -2.19. The summed E-state index contributed by atoms with van der Waals surface area (Å²) in [6.07, 6.45) is 3.33. The van der Waals surface area contributed by atoms with E-state index in [-0.39, 0.29) is 18.4 Å². The number of rotatable bonds is 5. The van der Waals surface area contributed by atoms with Gasteiger partial charge < -0.3 is 10.0 Å². The number of aliphatic hydroxyl groups is 1. The average molecular weight is 421 g/mol.